The summed E-state index contributed by atoms with van der Waals surface area (Å²) in [6.45, 7) is 0. The van der Waals surface area contributed by atoms with Gasteiger partial charge in [0.15, 0.2) is 17.3 Å². The molecule has 0 radical (unpaired) electrons. The number of ketones is 2. The van der Waals surface area contributed by atoms with Gasteiger partial charge in [-0.05, 0) is 12.5 Å². The maximum absolute atomic E-state index is 12.5. The number of hydrogen-bond acceptors (Lipinski definition) is 5. The minimum Gasteiger partial charge on any atom is -0.496 e. The zero-order valence-electron chi connectivity index (χ0n) is 11.9. The number of Topliss-reactive ketones (excluding diaryl/α,β-unsaturated/α-hetero) is 2. The van der Waals surface area contributed by atoms with Crippen LogP contribution in [0.4, 0.5) is 0 Å². The molecule has 0 heterocycles. The molecule has 2 rings (SSSR count). The Balaban J connectivity index is 2.39. The first-order chi connectivity index (χ1) is 9.60. The standard InChI is InChI=1S/C15H18O5/c1-18-12-8-14(20-3)13(19-2)7-11(12)15(17)9-4-5-10(16)6-9/h7-9H,4-6H2,1-3H3. The van der Waals surface area contributed by atoms with Gasteiger partial charge in [-0.3, -0.25) is 9.59 Å². The second-order valence-electron chi connectivity index (χ2n) is 4.75. The highest BCUT2D eigenvalue weighted by molar-refractivity contribution is 6.04. The first kappa shape index (κ1) is 14.4. The van der Waals surface area contributed by atoms with Gasteiger partial charge in [-0.2, -0.15) is 0 Å². The van der Waals surface area contributed by atoms with Crippen LogP contribution in [0.2, 0.25) is 0 Å². The van der Waals surface area contributed by atoms with E-state index in [0.29, 0.717) is 42.1 Å². The van der Waals surface area contributed by atoms with E-state index in [4.69, 9.17) is 14.2 Å². The van der Waals surface area contributed by atoms with Crippen molar-refractivity contribution in [1.29, 1.82) is 0 Å². The van der Waals surface area contributed by atoms with Crippen molar-refractivity contribution in [3.63, 3.8) is 0 Å². The lowest BCUT2D eigenvalue weighted by Crippen LogP contribution is -2.13. The summed E-state index contributed by atoms with van der Waals surface area (Å²) in [4.78, 5) is 23.9. The predicted molar refractivity (Wildman–Crippen MR) is 72.8 cm³/mol. The van der Waals surface area contributed by atoms with E-state index in [9.17, 15) is 9.59 Å². The van der Waals surface area contributed by atoms with Gasteiger partial charge in [-0.25, -0.2) is 0 Å². The first-order valence-corrected chi connectivity index (χ1v) is 6.46. The van der Waals surface area contributed by atoms with Crippen molar-refractivity contribution in [3.8, 4) is 17.2 Å². The van der Waals surface area contributed by atoms with Crippen LogP contribution in [0.25, 0.3) is 0 Å². The van der Waals surface area contributed by atoms with Crippen LogP contribution in [0.1, 0.15) is 29.6 Å². The molecule has 0 aliphatic heterocycles. The molecular formula is C15H18O5. The van der Waals surface area contributed by atoms with Crippen LogP contribution in [0, 0.1) is 5.92 Å². The van der Waals surface area contributed by atoms with E-state index >= 15 is 0 Å². The Bertz CT molecular complexity index is 535. The van der Waals surface area contributed by atoms with Gasteiger partial charge >= 0.3 is 0 Å². The fourth-order valence-electron chi connectivity index (χ4n) is 2.48. The molecule has 0 saturated heterocycles. The van der Waals surface area contributed by atoms with Crippen LogP contribution in [0.15, 0.2) is 12.1 Å². The Morgan fingerprint density at radius 2 is 1.65 bits per heavy atom. The zero-order valence-corrected chi connectivity index (χ0v) is 11.9. The number of ether oxygens (including phenoxy) is 3. The monoisotopic (exact) mass is 278 g/mol. The summed E-state index contributed by atoms with van der Waals surface area (Å²) >= 11 is 0. The highest BCUT2D eigenvalue weighted by Gasteiger charge is 2.31. The molecule has 1 saturated carbocycles. The second kappa shape index (κ2) is 5.94. The second-order valence-corrected chi connectivity index (χ2v) is 4.75. The summed E-state index contributed by atoms with van der Waals surface area (Å²) in [5.41, 5.74) is 0.435. The van der Waals surface area contributed by atoms with Crippen molar-refractivity contribution in [1.82, 2.24) is 0 Å². The fraction of sp³-hybridized carbons (Fsp3) is 0.467. The van der Waals surface area contributed by atoms with Crippen LogP contribution >= 0.6 is 0 Å². The molecular weight excluding hydrogens is 260 g/mol. The molecule has 1 unspecified atom stereocenters. The van der Waals surface area contributed by atoms with Crippen molar-refractivity contribution in [2.24, 2.45) is 5.92 Å². The maximum atomic E-state index is 12.5. The Hall–Kier alpha value is -2.04. The molecule has 1 aliphatic rings. The number of benzene rings is 1. The van der Waals surface area contributed by atoms with Crippen LogP contribution in [-0.4, -0.2) is 32.9 Å². The van der Waals surface area contributed by atoms with Crippen molar-refractivity contribution in [2.75, 3.05) is 21.3 Å². The van der Waals surface area contributed by atoms with E-state index in [2.05, 4.69) is 0 Å². The third-order valence-corrected chi connectivity index (χ3v) is 3.59. The Labute approximate surface area is 117 Å². The highest BCUT2D eigenvalue weighted by Crippen LogP contribution is 2.37. The minimum atomic E-state index is -0.255. The summed E-state index contributed by atoms with van der Waals surface area (Å²) in [7, 11) is 4.53. The van der Waals surface area contributed by atoms with E-state index in [-0.39, 0.29) is 17.5 Å². The van der Waals surface area contributed by atoms with Crippen molar-refractivity contribution < 1.29 is 23.8 Å². The largest absolute Gasteiger partial charge is 0.496 e. The SMILES string of the molecule is COc1cc(OC)c(C(=O)C2CCC(=O)C2)cc1OC. The summed E-state index contributed by atoms with van der Waals surface area (Å²) < 4.78 is 15.6. The molecule has 108 valence electrons. The van der Waals surface area contributed by atoms with E-state index in [1.54, 1.807) is 12.1 Å². The van der Waals surface area contributed by atoms with Crippen LogP contribution < -0.4 is 14.2 Å². The van der Waals surface area contributed by atoms with Gasteiger partial charge in [-0.15, -0.1) is 0 Å². The van der Waals surface area contributed by atoms with Gasteiger partial charge < -0.3 is 14.2 Å². The van der Waals surface area contributed by atoms with Crippen LogP contribution in [0.3, 0.4) is 0 Å². The van der Waals surface area contributed by atoms with E-state index in [1.807, 2.05) is 0 Å². The Kier molecular flexibility index (Phi) is 4.27. The van der Waals surface area contributed by atoms with Crippen LogP contribution in [-0.2, 0) is 4.79 Å². The molecule has 0 bridgehead atoms. The number of carbonyl (C=O) groups is 2. The van der Waals surface area contributed by atoms with Crippen molar-refractivity contribution >= 4 is 11.6 Å². The van der Waals surface area contributed by atoms with Crippen molar-refractivity contribution in [3.05, 3.63) is 17.7 Å². The van der Waals surface area contributed by atoms with Gasteiger partial charge in [0.25, 0.3) is 0 Å². The lowest BCUT2D eigenvalue weighted by atomic mass is 9.95. The van der Waals surface area contributed by atoms with Gasteiger partial charge in [0.05, 0.1) is 26.9 Å². The van der Waals surface area contributed by atoms with Gasteiger partial charge in [0.2, 0.25) is 0 Å². The topological polar surface area (TPSA) is 61.8 Å². The summed E-state index contributed by atoms with van der Waals surface area (Å²) in [5.74, 6) is 1.22. The molecule has 1 atom stereocenters. The maximum Gasteiger partial charge on any atom is 0.170 e. The van der Waals surface area contributed by atoms with E-state index < -0.39 is 0 Å². The number of rotatable bonds is 5. The van der Waals surface area contributed by atoms with Crippen LogP contribution in [0.5, 0.6) is 17.2 Å². The molecule has 1 aromatic carbocycles. The quantitative estimate of drug-likeness (QED) is 0.773. The Morgan fingerprint density at radius 3 is 2.15 bits per heavy atom. The van der Waals surface area contributed by atoms with E-state index in [1.165, 1.54) is 21.3 Å². The lowest BCUT2D eigenvalue weighted by Gasteiger charge is -2.15. The van der Waals surface area contributed by atoms with Gasteiger partial charge in [-0.1, -0.05) is 0 Å². The molecule has 0 aromatic heterocycles. The lowest BCUT2D eigenvalue weighted by molar-refractivity contribution is -0.117. The molecule has 5 nitrogen and oxygen atoms in total. The number of hydrogen-bond donors (Lipinski definition) is 0. The molecule has 0 N–H and O–H groups in total. The van der Waals surface area contributed by atoms with Crippen molar-refractivity contribution in [2.45, 2.75) is 19.3 Å². The van der Waals surface area contributed by atoms with E-state index in [0.717, 1.165) is 0 Å². The molecule has 1 aliphatic carbocycles. The fourth-order valence-corrected chi connectivity index (χ4v) is 2.48. The minimum absolute atomic E-state index is 0.0753. The zero-order chi connectivity index (χ0) is 14.7. The molecule has 0 spiro atoms. The Morgan fingerprint density at radius 1 is 1.05 bits per heavy atom. The molecule has 1 fully saturated rings. The average molecular weight is 278 g/mol. The molecule has 20 heavy (non-hydrogen) atoms. The highest BCUT2D eigenvalue weighted by atomic mass is 16.5. The molecule has 5 heteroatoms. The smallest absolute Gasteiger partial charge is 0.170 e. The molecule has 0 amide bonds. The third kappa shape index (κ3) is 2.61. The molecule has 1 aromatic rings. The predicted octanol–water partition coefficient (Wildman–Crippen LogP) is 2.26. The summed E-state index contributed by atoms with van der Waals surface area (Å²) in [6.07, 6.45) is 1.40. The van der Waals surface area contributed by atoms with Gasteiger partial charge in [0, 0.05) is 24.8 Å². The third-order valence-electron chi connectivity index (χ3n) is 3.59. The summed E-state index contributed by atoms with van der Waals surface area (Å²) in [6, 6.07) is 3.24. The number of methoxy groups -OCH3 is 3. The normalized spacial score (nSPS) is 17.9. The average Bonchev–Trinajstić information content (AvgIpc) is 2.91. The first-order valence-electron chi connectivity index (χ1n) is 6.46. The number of carbonyl (C=O) groups excluding carboxylic acids is 2. The summed E-state index contributed by atoms with van der Waals surface area (Å²) in [5, 5.41) is 0. The van der Waals surface area contributed by atoms with Gasteiger partial charge in [0.1, 0.15) is 11.5 Å².